The third-order valence-corrected chi connectivity index (χ3v) is 6.61. The number of alkyl halides is 3. The molecule has 3 aromatic heterocycles. The van der Waals surface area contributed by atoms with Gasteiger partial charge in [-0.3, -0.25) is 4.79 Å². The molecular weight excluding hydrogens is 521 g/mol. The van der Waals surface area contributed by atoms with Crippen LogP contribution < -0.4 is 5.32 Å². The number of aryl methyl sites for hydroxylation is 1. The highest BCUT2D eigenvalue weighted by atomic mass is 32.1. The molecule has 13 heteroatoms. The van der Waals surface area contributed by atoms with Gasteiger partial charge in [0.25, 0.3) is 5.91 Å². The van der Waals surface area contributed by atoms with E-state index in [1.807, 2.05) is 58.2 Å². The molecule has 2 N–H and O–H groups in total. The summed E-state index contributed by atoms with van der Waals surface area (Å²) in [4.78, 5) is 32.7. The van der Waals surface area contributed by atoms with Gasteiger partial charge in [-0.25, -0.2) is 19.3 Å². The van der Waals surface area contributed by atoms with Crippen LogP contribution in [0.3, 0.4) is 0 Å². The van der Waals surface area contributed by atoms with Crippen LogP contribution in [0.2, 0.25) is 0 Å². The molecule has 9 nitrogen and oxygen atoms in total. The minimum absolute atomic E-state index is 0.00483. The number of hydrogen-bond donors (Lipinski definition) is 2. The molecule has 1 aromatic carbocycles. The van der Waals surface area contributed by atoms with Crippen molar-refractivity contribution < 1.29 is 27.9 Å². The molecule has 0 radical (unpaired) electrons. The van der Waals surface area contributed by atoms with Crippen molar-refractivity contribution in [3.8, 4) is 0 Å². The van der Waals surface area contributed by atoms with Gasteiger partial charge < -0.3 is 15.3 Å². The number of carbonyl (C=O) groups excluding carboxylic acids is 1. The molecule has 1 fully saturated rings. The summed E-state index contributed by atoms with van der Waals surface area (Å²) in [5.41, 5.74) is 3.58. The third-order valence-electron chi connectivity index (χ3n) is 5.84. The zero-order valence-electron chi connectivity index (χ0n) is 20.4. The molecule has 1 aliphatic heterocycles. The normalized spacial score (nSPS) is 15.6. The van der Waals surface area contributed by atoms with E-state index < -0.39 is 12.1 Å². The number of aliphatic carboxylic acids is 1. The quantitative estimate of drug-likeness (QED) is 0.371. The van der Waals surface area contributed by atoms with Crippen LogP contribution in [-0.2, 0) is 11.3 Å². The Hall–Kier alpha value is -4.00. The summed E-state index contributed by atoms with van der Waals surface area (Å²) in [6.07, 6.45) is -1.19. The fourth-order valence-corrected chi connectivity index (χ4v) is 4.56. The lowest BCUT2D eigenvalue weighted by Gasteiger charge is -2.30. The maximum absolute atomic E-state index is 12.8. The van der Waals surface area contributed by atoms with Crippen LogP contribution in [0, 0.1) is 6.92 Å². The molecular formula is C25H25F3N6O3S. The smallest absolute Gasteiger partial charge is 0.475 e. The second kappa shape index (κ2) is 11.6. The second-order valence-corrected chi connectivity index (χ2v) is 9.74. The maximum Gasteiger partial charge on any atom is 0.490 e. The van der Waals surface area contributed by atoms with Crippen LogP contribution in [-0.4, -0.2) is 60.7 Å². The fourth-order valence-electron chi connectivity index (χ4n) is 3.97. The van der Waals surface area contributed by atoms with Crippen LogP contribution in [0.5, 0.6) is 0 Å². The SMILES string of the molecule is Cc1nc(C(=O)N2CCCC(c3nc4ccc(NCc5ccccc5)cn4n3)C2)cs1.O=C(O)C(F)(F)F. The molecule has 1 amide bonds. The number of aromatic nitrogens is 4. The molecule has 4 heterocycles. The van der Waals surface area contributed by atoms with E-state index in [2.05, 4.69) is 22.4 Å². The van der Waals surface area contributed by atoms with Crippen molar-refractivity contribution in [2.45, 2.75) is 38.4 Å². The Morgan fingerprint density at radius 3 is 2.55 bits per heavy atom. The van der Waals surface area contributed by atoms with Crippen molar-refractivity contribution in [3.05, 3.63) is 76.1 Å². The predicted octanol–water partition coefficient (Wildman–Crippen LogP) is 4.76. The molecule has 5 rings (SSSR count). The number of likely N-dealkylation sites (tertiary alicyclic amines) is 1. The van der Waals surface area contributed by atoms with Crippen LogP contribution in [0.1, 0.15) is 45.6 Å². The number of thiazole rings is 1. The van der Waals surface area contributed by atoms with E-state index in [4.69, 9.17) is 20.0 Å². The summed E-state index contributed by atoms with van der Waals surface area (Å²) in [5, 5.41) is 18.1. The molecule has 0 bridgehead atoms. The Morgan fingerprint density at radius 2 is 1.89 bits per heavy atom. The number of pyridine rings is 1. The summed E-state index contributed by atoms with van der Waals surface area (Å²) in [5.74, 6) is -1.82. The Labute approximate surface area is 220 Å². The molecule has 1 aliphatic rings. The first-order valence-corrected chi connectivity index (χ1v) is 12.6. The number of carbonyl (C=O) groups is 2. The number of nitrogens with one attached hydrogen (secondary N) is 1. The van der Waals surface area contributed by atoms with E-state index >= 15 is 0 Å². The standard InChI is InChI=1S/C23H24N6OS.C2HF3O2/c1-16-25-20(15-31-16)23(30)28-11-5-8-18(13-28)22-26-21-10-9-19(14-29(21)27-22)24-12-17-6-3-2-4-7-17;3-2(4,5)1(6)7/h2-4,6-7,9-10,14-15,18,24H,5,8,11-13H2,1H3;(H,6,7). The molecule has 1 atom stereocenters. The van der Waals surface area contributed by atoms with Crippen molar-refractivity contribution >= 4 is 34.5 Å². The molecule has 1 unspecified atom stereocenters. The van der Waals surface area contributed by atoms with E-state index in [-0.39, 0.29) is 11.8 Å². The molecule has 200 valence electrons. The van der Waals surface area contributed by atoms with Gasteiger partial charge in [-0.15, -0.1) is 11.3 Å². The number of hydrogen-bond acceptors (Lipinski definition) is 7. The van der Waals surface area contributed by atoms with Crippen molar-refractivity contribution in [1.82, 2.24) is 24.5 Å². The zero-order valence-corrected chi connectivity index (χ0v) is 21.2. The molecule has 1 saturated heterocycles. The number of carboxylic acid groups (broad SMARTS) is 1. The van der Waals surface area contributed by atoms with Gasteiger partial charge in [-0.05, 0) is 37.5 Å². The summed E-state index contributed by atoms with van der Waals surface area (Å²) < 4.78 is 33.6. The highest BCUT2D eigenvalue weighted by Crippen LogP contribution is 2.27. The van der Waals surface area contributed by atoms with Crippen molar-refractivity contribution in [2.24, 2.45) is 0 Å². The van der Waals surface area contributed by atoms with Crippen LogP contribution in [0.4, 0.5) is 18.9 Å². The fraction of sp³-hybridized carbons (Fsp3) is 0.320. The first-order chi connectivity index (χ1) is 18.1. The summed E-state index contributed by atoms with van der Waals surface area (Å²) >= 11 is 1.51. The van der Waals surface area contributed by atoms with E-state index in [1.165, 1.54) is 16.9 Å². The lowest BCUT2D eigenvalue weighted by atomic mass is 9.97. The van der Waals surface area contributed by atoms with Crippen LogP contribution >= 0.6 is 11.3 Å². The second-order valence-electron chi connectivity index (χ2n) is 8.67. The highest BCUT2D eigenvalue weighted by molar-refractivity contribution is 7.09. The van der Waals surface area contributed by atoms with Gasteiger partial charge in [0.2, 0.25) is 0 Å². The third kappa shape index (κ3) is 6.85. The monoisotopic (exact) mass is 546 g/mol. The van der Waals surface area contributed by atoms with Crippen molar-refractivity contribution in [1.29, 1.82) is 0 Å². The summed E-state index contributed by atoms with van der Waals surface area (Å²) in [6.45, 7) is 4.06. The number of piperidine rings is 1. The average molecular weight is 547 g/mol. The van der Waals surface area contributed by atoms with E-state index in [9.17, 15) is 18.0 Å². The van der Waals surface area contributed by atoms with Gasteiger partial charge >= 0.3 is 12.1 Å². The number of nitrogens with zero attached hydrogens (tertiary/aromatic N) is 5. The molecule has 0 aliphatic carbocycles. The Morgan fingerprint density at radius 1 is 1.16 bits per heavy atom. The molecule has 38 heavy (non-hydrogen) atoms. The lowest BCUT2D eigenvalue weighted by Crippen LogP contribution is -2.39. The Kier molecular flexibility index (Phi) is 8.25. The van der Waals surface area contributed by atoms with Gasteiger partial charge in [0.15, 0.2) is 11.5 Å². The first kappa shape index (κ1) is 27.0. The minimum Gasteiger partial charge on any atom is -0.475 e. The highest BCUT2D eigenvalue weighted by Gasteiger charge is 2.38. The van der Waals surface area contributed by atoms with Crippen LogP contribution in [0.15, 0.2) is 54.0 Å². The van der Waals surface area contributed by atoms with Gasteiger partial charge in [0.05, 0.1) is 16.9 Å². The summed E-state index contributed by atoms with van der Waals surface area (Å²) in [6, 6.07) is 14.3. The lowest BCUT2D eigenvalue weighted by molar-refractivity contribution is -0.192. The molecule has 4 aromatic rings. The number of halogens is 3. The van der Waals surface area contributed by atoms with Gasteiger partial charge in [-0.2, -0.15) is 18.3 Å². The van der Waals surface area contributed by atoms with Crippen molar-refractivity contribution in [3.63, 3.8) is 0 Å². The number of benzene rings is 1. The number of fused-ring (bicyclic) bond motifs is 1. The average Bonchev–Trinajstić information content (AvgIpc) is 3.53. The minimum atomic E-state index is -5.08. The van der Waals surface area contributed by atoms with Gasteiger partial charge in [0, 0.05) is 30.9 Å². The predicted molar refractivity (Wildman–Crippen MR) is 135 cm³/mol. The number of anilines is 1. The number of carboxylic acids is 1. The van der Waals surface area contributed by atoms with Crippen LogP contribution in [0.25, 0.3) is 5.65 Å². The zero-order chi connectivity index (χ0) is 27.3. The molecule has 0 saturated carbocycles. The Balaban J connectivity index is 0.000000426. The topological polar surface area (TPSA) is 113 Å². The molecule has 0 spiro atoms. The largest absolute Gasteiger partial charge is 0.490 e. The van der Waals surface area contributed by atoms with E-state index in [0.29, 0.717) is 12.2 Å². The van der Waals surface area contributed by atoms with Gasteiger partial charge in [0.1, 0.15) is 5.69 Å². The van der Waals surface area contributed by atoms with Crippen molar-refractivity contribution in [2.75, 3.05) is 18.4 Å². The van der Waals surface area contributed by atoms with Gasteiger partial charge in [-0.1, -0.05) is 30.3 Å². The Bertz CT molecular complexity index is 1410. The van der Waals surface area contributed by atoms with E-state index in [0.717, 1.165) is 48.1 Å². The number of amides is 1. The first-order valence-electron chi connectivity index (χ1n) is 11.8. The maximum atomic E-state index is 12.8. The number of rotatable bonds is 5. The van der Waals surface area contributed by atoms with E-state index in [1.54, 1.807) is 0 Å². The summed E-state index contributed by atoms with van der Waals surface area (Å²) in [7, 11) is 0.